The van der Waals surface area contributed by atoms with Gasteiger partial charge in [0, 0.05) is 29.7 Å². The van der Waals surface area contributed by atoms with Gasteiger partial charge in [-0.1, -0.05) is 47.5 Å². The van der Waals surface area contributed by atoms with Crippen molar-refractivity contribution in [3.8, 4) is 80.1 Å². The number of benzene rings is 7. The summed E-state index contributed by atoms with van der Waals surface area (Å²) < 4.78 is 18.3. The van der Waals surface area contributed by atoms with Gasteiger partial charge in [0.25, 0.3) is 0 Å². The van der Waals surface area contributed by atoms with Crippen LogP contribution < -0.4 is 52.3 Å². The fourth-order valence-electron chi connectivity index (χ4n) is 9.86. The van der Waals surface area contributed by atoms with E-state index < -0.39 is 158 Å². The van der Waals surface area contributed by atoms with Crippen molar-refractivity contribution in [2.75, 3.05) is 0 Å². The Kier molecular flexibility index (Phi) is 15.9. The van der Waals surface area contributed by atoms with Gasteiger partial charge >= 0.3 is 11.9 Å². The van der Waals surface area contributed by atoms with Crippen molar-refractivity contribution in [2.24, 2.45) is 11.5 Å². The van der Waals surface area contributed by atoms with Crippen LogP contribution in [0.15, 0.2) is 115 Å². The topological polar surface area (TPSA) is 441 Å². The van der Waals surface area contributed by atoms with E-state index in [0.717, 1.165) is 66.7 Å². The third-order valence-electron chi connectivity index (χ3n) is 14.2. The molecule has 442 valence electrons. The fraction of sp³-hybridized carbons (Fsp3) is 0.155. The molecule has 0 fully saturated rings. The molecule has 0 radical (unpaired) electrons. The molecule has 7 aromatic rings. The van der Waals surface area contributed by atoms with Crippen LogP contribution >= 0.6 is 23.2 Å². The number of halogens is 2. The van der Waals surface area contributed by atoms with Gasteiger partial charge in [0.2, 0.25) is 35.3 Å². The van der Waals surface area contributed by atoms with Crippen LogP contribution in [0.5, 0.6) is 69.0 Å². The van der Waals surface area contributed by atoms with E-state index in [-0.39, 0.29) is 61.7 Å². The smallest absolute Gasteiger partial charge is 0.329 e. The third kappa shape index (κ3) is 11.7. The van der Waals surface area contributed by atoms with Crippen molar-refractivity contribution in [3.63, 3.8) is 0 Å². The Morgan fingerprint density at radius 2 is 1.08 bits per heavy atom. The summed E-state index contributed by atoms with van der Waals surface area (Å²) in [5.74, 6) is -15.8. The zero-order valence-corrected chi connectivity index (χ0v) is 45.3. The second-order valence-corrected chi connectivity index (χ2v) is 20.8. The van der Waals surface area contributed by atoms with E-state index >= 15 is 14.4 Å². The van der Waals surface area contributed by atoms with E-state index in [0.29, 0.717) is 5.56 Å². The monoisotopic (exact) mass is 1220 g/mol. The van der Waals surface area contributed by atoms with Crippen LogP contribution in [-0.2, 0) is 40.0 Å². The summed E-state index contributed by atoms with van der Waals surface area (Å²) in [5, 5.41) is 111. The molecule has 8 atom stereocenters. The van der Waals surface area contributed by atoms with Gasteiger partial charge in [0.05, 0.1) is 10.0 Å². The first kappa shape index (κ1) is 58.7. The zero-order valence-electron chi connectivity index (χ0n) is 43.8. The highest BCUT2D eigenvalue weighted by Gasteiger charge is 2.39. The quantitative estimate of drug-likeness (QED) is 0.109. The van der Waals surface area contributed by atoms with E-state index in [9.17, 15) is 65.1 Å². The molecule has 86 heavy (non-hydrogen) atoms. The number of hydrogen-bond acceptors (Lipinski definition) is 19. The number of carbonyl (C=O) groups is 7. The number of nitrogens with two attached hydrogens (primary N) is 2. The molecule has 0 aliphatic carbocycles. The minimum atomic E-state index is -2.28. The lowest BCUT2D eigenvalue weighted by Crippen LogP contribution is -2.54. The maximum Gasteiger partial charge on any atom is 0.329 e. The number of carboxylic acid groups (broad SMARTS) is 2. The molecule has 0 saturated carbocycles. The lowest BCUT2D eigenvalue weighted by Gasteiger charge is -2.29. The Hall–Kier alpha value is -10.5. The van der Waals surface area contributed by atoms with Crippen LogP contribution in [0.25, 0.3) is 11.1 Å². The summed E-state index contributed by atoms with van der Waals surface area (Å²) in [4.78, 5) is 100. The predicted octanol–water partition coefficient (Wildman–Crippen LogP) is 4.90. The molecule has 7 aromatic carbocycles. The number of phenolic OH excluding ortho intramolecular Hbond substituents is 6. The first-order chi connectivity index (χ1) is 40.8. The molecule has 5 amide bonds. The first-order valence-corrected chi connectivity index (χ1v) is 26.3. The molecule has 0 saturated heterocycles. The van der Waals surface area contributed by atoms with Crippen molar-refractivity contribution >= 4 is 64.7 Å². The minimum Gasteiger partial charge on any atom is -0.508 e. The van der Waals surface area contributed by atoms with Gasteiger partial charge in [-0.15, -0.1) is 0 Å². The largest absolute Gasteiger partial charge is 0.508 e. The number of aromatic hydroxyl groups is 6. The second kappa shape index (κ2) is 23.3. The van der Waals surface area contributed by atoms with E-state index in [1.54, 1.807) is 0 Å². The van der Waals surface area contributed by atoms with Crippen molar-refractivity contribution in [2.45, 2.75) is 54.8 Å². The Labute approximate surface area is 493 Å². The maximum absolute atomic E-state index is 15.7. The second-order valence-electron chi connectivity index (χ2n) is 20.0. The van der Waals surface area contributed by atoms with Crippen LogP contribution in [0.1, 0.15) is 75.3 Å². The average molecular weight is 1220 g/mol. The number of fused-ring (bicyclic) bond motifs is 15. The summed E-state index contributed by atoms with van der Waals surface area (Å²) in [5.41, 5.74) is 10.1. The highest BCUT2D eigenvalue weighted by Crippen LogP contribution is 2.48. The number of amides is 5. The van der Waals surface area contributed by atoms with E-state index in [2.05, 4.69) is 26.6 Å². The van der Waals surface area contributed by atoms with Gasteiger partial charge in [-0.3, -0.25) is 28.8 Å². The highest BCUT2D eigenvalue weighted by molar-refractivity contribution is 6.32. The SMILES string of the molecule is N[C@H](C(=O)O)c1cc(O)cc(O)c1-c1cc([C@H]2NC(=O)[C@@H]3NC(=O)[C@H]4NC(=O)[C@@H](Cc5ccc(c(Cl)c5)Oc5cc3cc(c5O)Oc3ccc(cc3Cl)[C@@H](O)[C@@H](C(=O)O)NC2=O)NC(=O)[C@H](N)c2ccc(O)c(c2)Oc2cc(O)cc4c2)ccc1O. The summed E-state index contributed by atoms with van der Waals surface area (Å²) in [7, 11) is 0. The average Bonchev–Trinajstić information content (AvgIpc) is 1.31. The molecule has 5 heterocycles. The van der Waals surface area contributed by atoms with Gasteiger partial charge in [-0.25, -0.2) is 4.79 Å². The molecule has 0 aromatic heterocycles. The molecule has 18 N–H and O–H groups in total. The third-order valence-corrected chi connectivity index (χ3v) is 14.8. The molecule has 5 aliphatic heterocycles. The number of ether oxygens (including phenoxy) is 3. The molecule has 0 unspecified atom stereocenters. The molecule has 26 nitrogen and oxygen atoms in total. The Morgan fingerprint density at radius 3 is 1.72 bits per heavy atom. The lowest BCUT2D eigenvalue weighted by atomic mass is 9.90. The number of aliphatic hydroxyl groups excluding tert-OH is 1. The summed E-state index contributed by atoms with van der Waals surface area (Å²) in [6.07, 6.45) is -2.50. The van der Waals surface area contributed by atoms with Gasteiger partial charge < -0.3 is 98.2 Å². The summed E-state index contributed by atoms with van der Waals surface area (Å²) >= 11 is 13.5. The molecule has 0 spiro atoms. The zero-order chi connectivity index (χ0) is 61.7. The van der Waals surface area contributed by atoms with Crippen molar-refractivity contribution in [1.29, 1.82) is 0 Å². The number of carboxylic acids is 2. The fourth-order valence-corrected chi connectivity index (χ4v) is 10.3. The molecule has 5 aliphatic rings. The lowest BCUT2D eigenvalue weighted by molar-refractivity contribution is -0.146. The highest BCUT2D eigenvalue weighted by atomic mass is 35.5. The normalized spacial score (nSPS) is 20.8. The van der Waals surface area contributed by atoms with Crippen molar-refractivity contribution < 1.29 is 93.7 Å². The number of rotatable bonds is 5. The first-order valence-electron chi connectivity index (χ1n) is 25.5. The summed E-state index contributed by atoms with van der Waals surface area (Å²) in [6.45, 7) is 0. The molecule has 13 bridgehead atoms. The number of aliphatic hydroxyl groups is 1. The maximum atomic E-state index is 15.7. The van der Waals surface area contributed by atoms with Gasteiger partial charge in [-0.05, 0) is 118 Å². The van der Waals surface area contributed by atoms with Crippen LogP contribution in [0.3, 0.4) is 0 Å². The molecular weight excluding hydrogens is 1170 g/mol. The van der Waals surface area contributed by atoms with Crippen LogP contribution in [0, 0.1) is 0 Å². The standard InChI is InChI=1S/C58H47Cl2N7O19/c59-32-9-21-1-7-38(32)85-41-16-26-17-42(51(41)74)86-39-8-4-24(14-33(39)60)50(73)49(58(82)83)67-54(77)46(23-3-5-35(70)30(13-23)43-31(45(62)57(80)81)19-28(69)20-37(43)72)65-56(79)48(26)66-55(78)47-25-11-27(68)18-29(12-25)84-40-15-22(2-6-36(40)71)44(61)53(76)63-34(10-21)52(75)64-47/h1-9,11-20,34,44-50,68-74H,10,61-62H2,(H,63,76)(H,64,75)(H,65,79)(H,66,78)(H,67,77)(H,80,81)(H,82,83)/t34-,44-,45+,46-,47+,48-,49+,50-/m1/s1. The Morgan fingerprint density at radius 1 is 0.523 bits per heavy atom. The predicted molar refractivity (Wildman–Crippen MR) is 299 cm³/mol. The summed E-state index contributed by atoms with van der Waals surface area (Å²) in [6, 6.07) is 7.34. The Balaban J connectivity index is 1.20. The van der Waals surface area contributed by atoms with E-state index in [4.69, 9.17) is 48.9 Å². The molecule has 28 heteroatoms. The Bertz CT molecular complexity index is 4020. The van der Waals surface area contributed by atoms with E-state index in [1.807, 2.05) is 0 Å². The van der Waals surface area contributed by atoms with Crippen molar-refractivity contribution in [3.05, 3.63) is 164 Å². The van der Waals surface area contributed by atoms with Gasteiger partial charge in [-0.2, -0.15) is 0 Å². The van der Waals surface area contributed by atoms with Crippen LogP contribution in [0.4, 0.5) is 0 Å². The van der Waals surface area contributed by atoms with Gasteiger partial charge in [0.1, 0.15) is 82.6 Å². The van der Waals surface area contributed by atoms with Crippen LogP contribution in [-0.4, -0.2) is 99.5 Å². The minimum absolute atomic E-state index is 0.104. The number of nitrogens with one attached hydrogen (secondary N) is 5. The number of aliphatic carboxylic acids is 2. The van der Waals surface area contributed by atoms with Crippen molar-refractivity contribution in [1.82, 2.24) is 26.6 Å². The van der Waals surface area contributed by atoms with Gasteiger partial charge in [0.15, 0.2) is 29.0 Å². The number of hydrogen-bond donors (Lipinski definition) is 16. The number of phenols is 6. The molecule has 12 rings (SSSR count). The number of carbonyl (C=O) groups excluding carboxylic acids is 5. The van der Waals surface area contributed by atoms with E-state index in [1.165, 1.54) is 48.5 Å². The molecular formula is C58H47Cl2N7O19. The van der Waals surface area contributed by atoms with Crippen LogP contribution in [0.2, 0.25) is 10.0 Å².